The molecule has 0 spiro atoms. The standard InChI is InChI=1S/C23H25BrN2O5/c1-3-4-10-26-18-12-17(24)20(31-14-21(27)28)11-16(18)22(23(29)30)19(26)13-25(2)15-8-6-5-7-9-15/h5-9,11-12H,3-4,10,13-14H2,1-2H3,(H,27,28)(H,29,30). The predicted octanol–water partition coefficient (Wildman–Crippen LogP) is 5.00. The number of rotatable bonds is 10. The number of ether oxygens (including phenoxy) is 1. The molecule has 2 N–H and O–H groups in total. The molecule has 0 radical (unpaired) electrons. The number of aromatic nitrogens is 1. The summed E-state index contributed by atoms with van der Waals surface area (Å²) in [5.41, 5.74) is 2.67. The average Bonchev–Trinajstić information content (AvgIpc) is 3.02. The number of fused-ring (bicyclic) bond motifs is 1. The van der Waals surface area contributed by atoms with E-state index < -0.39 is 18.5 Å². The number of benzene rings is 2. The first-order valence-corrected chi connectivity index (χ1v) is 10.8. The van der Waals surface area contributed by atoms with E-state index in [1.165, 1.54) is 0 Å². The number of carboxylic acids is 2. The second kappa shape index (κ2) is 9.87. The number of carbonyl (C=O) groups is 2. The number of halogens is 1. The fourth-order valence-electron chi connectivity index (χ4n) is 3.63. The van der Waals surface area contributed by atoms with Crippen molar-refractivity contribution in [2.24, 2.45) is 0 Å². The van der Waals surface area contributed by atoms with E-state index in [1.807, 2.05) is 46.8 Å². The van der Waals surface area contributed by atoms with Crippen LogP contribution in [0.15, 0.2) is 46.9 Å². The quantitative estimate of drug-likeness (QED) is 0.417. The average molecular weight is 489 g/mol. The Morgan fingerprint density at radius 1 is 1.16 bits per heavy atom. The van der Waals surface area contributed by atoms with E-state index in [0.29, 0.717) is 34.4 Å². The lowest BCUT2D eigenvalue weighted by Gasteiger charge is -2.21. The van der Waals surface area contributed by atoms with Gasteiger partial charge in [0.25, 0.3) is 0 Å². The first-order valence-electron chi connectivity index (χ1n) is 10.0. The van der Waals surface area contributed by atoms with Gasteiger partial charge in [0, 0.05) is 24.7 Å². The zero-order chi connectivity index (χ0) is 22.5. The number of aromatic carboxylic acids is 1. The van der Waals surface area contributed by atoms with Gasteiger partial charge in [-0.2, -0.15) is 0 Å². The number of unbranched alkanes of at least 4 members (excludes halogenated alkanes) is 1. The molecule has 0 aliphatic rings. The largest absolute Gasteiger partial charge is 0.481 e. The van der Waals surface area contributed by atoms with E-state index in [1.54, 1.807) is 12.1 Å². The lowest BCUT2D eigenvalue weighted by molar-refractivity contribution is -0.139. The van der Waals surface area contributed by atoms with E-state index in [2.05, 4.69) is 22.9 Å². The van der Waals surface area contributed by atoms with Crippen LogP contribution in [-0.4, -0.2) is 40.4 Å². The molecule has 2 aromatic carbocycles. The molecule has 31 heavy (non-hydrogen) atoms. The molecular weight excluding hydrogens is 464 g/mol. The molecule has 1 heterocycles. The van der Waals surface area contributed by atoms with Crippen molar-refractivity contribution in [2.45, 2.75) is 32.9 Å². The summed E-state index contributed by atoms with van der Waals surface area (Å²) in [6.45, 7) is 2.67. The highest BCUT2D eigenvalue weighted by atomic mass is 79.9. The number of hydrogen-bond donors (Lipinski definition) is 2. The smallest absolute Gasteiger partial charge is 0.341 e. The summed E-state index contributed by atoms with van der Waals surface area (Å²) in [7, 11) is 1.93. The number of aryl methyl sites for hydroxylation is 1. The second-order valence-corrected chi connectivity index (χ2v) is 8.16. The third-order valence-corrected chi connectivity index (χ3v) is 5.73. The minimum Gasteiger partial charge on any atom is -0.481 e. The van der Waals surface area contributed by atoms with Gasteiger partial charge in [0.05, 0.1) is 27.8 Å². The van der Waals surface area contributed by atoms with E-state index in [4.69, 9.17) is 9.84 Å². The van der Waals surface area contributed by atoms with Gasteiger partial charge in [0.2, 0.25) is 0 Å². The fraction of sp³-hybridized carbons (Fsp3) is 0.304. The van der Waals surface area contributed by atoms with Crippen molar-refractivity contribution in [3.05, 3.63) is 58.2 Å². The number of para-hydroxylation sites is 1. The third kappa shape index (κ3) is 5.02. The number of carboxylic acid groups (broad SMARTS) is 2. The Morgan fingerprint density at radius 2 is 1.87 bits per heavy atom. The Hall–Kier alpha value is -3.00. The predicted molar refractivity (Wildman–Crippen MR) is 123 cm³/mol. The molecule has 0 aliphatic heterocycles. The summed E-state index contributed by atoms with van der Waals surface area (Å²) in [6, 6.07) is 13.2. The molecule has 8 heteroatoms. The minimum atomic E-state index is -1.10. The molecule has 7 nitrogen and oxygen atoms in total. The van der Waals surface area contributed by atoms with Crippen LogP contribution in [0.3, 0.4) is 0 Å². The van der Waals surface area contributed by atoms with Crippen molar-refractivity contribution in [2.75, 3.05) is 18.6 Å². The summed E-state index contributed by atoms with van der Waals surface area (Å²) < 4.78 is 7.99. The van der Waals surface area contributed by atoms with Crippen LogP contribution < -0.4 is 9.64 Å². The molecule has 0 amide bonds. The lowest BCUT2D eigenvalue weighted by atomic mass is 10.1. The normalized spacial score (nSPS) is 10.9. The van der Waals surface area contributed by atoms with Crippen molar-refractivity contribution < 1.29 is 24.5 Å². The van der Waals surface area contributed by atoms with Crippen LogP contribution in [0, 0.1) is 0 Å². The summed E-state index contributed by atoms with van der Waals surface area (Å²) >= 11 is 3.44. The van der Waals surface area contributed by atoms with Gasteiger partial charge < -0.3 is 24.4 Å². The highest BCUT2D eigenvalue weighted by Gasteiger charge is 2.25. The van der Waals surface area contributed by atoms with Crippen LogP contribution in [0.5, 0.6) is 5.75 Å². The number of hydrogen-bond acceptors (Lipinski definition) is 4. The van der Waals surface area contributed by atoms with Gasteiger partial charge in [-0.05, 0) is 46.6 Å². The van der Waals surface area contributed by atoms with Gasteiger partial charge in [0.15, 0.2) is 6.61 Å². The molecule has 3 aromatic rings. The highest BCUT2D eigenvalue weighted by molar-refractivity contribution is 9.10. The van der Waals surface area contributed by atoms with Crippen LogP contribution in [0.25, 0.3) is 10.9 Å². The second-order valence-electron chi connectivity index (χ2n) is 7.31. The van der Waals surface area contributed by atoms with Crippen molar-refractivity contribution >= 4 is 44.5 Å². The van der Waals surface area contributed by atoms with Crippen LogP contribution in [-0.2, 0) is 17.9 Å². The van der Waals surface area contributed by atoms with Gasteiger partial charge in [0.1, 0.15) is 5.75 Å². The maximum atomic E-state index is 12.3. The summed E-state index contributed by atoms with van der Waals surface area (Å²) in [5.74, 6) is -1.83. The monoisotopic (exact) mass is 488 g/mol. The van der Waals surface area contributed by atoms with Crippen molar-refractivity contribution in [1.29, 1.82) is 0 Å². The molecule has 0 saturated carbocycles. The maximum Gasteiger partial charge on any atom is 0.341 e. The molecule has 0 fully saturated rings. The molecule has 0 bridgehead atoms. The topological polar surface area (TPSA) is 92.0 Å². The van der Waals surface area contributed by atoms with Crippen LogP contribution in [0.4, 0.5) is 5.69 Å². The van der Waals surface area contributed by atoms with Gasteiger partial charge in [-0.1, -0.05) is 31.5 Å². The van der Waals surface area contributed by atoms with Crippen molar-refractivity contribution in [3.8, 4) is 5.75 Å². The number of nitrogens with zero attached hydrogens (tertiary/aromatic N) is 2. The fourth-order valence-corrected chi connectivity index (χ4v) is 4.07. The minimum absolute atomic E-state index is 0.210. The maximum absolute atomic E-state index is 12.3. The van der Waals surface area contributed by atoms with Gasteiger partial charge in [-0.15, -0.1) is 0 Å². The van der Waals surface area contributed by atoms with Crippen LogP contribution >= 0.6 is 15.9 Å². The van der Waals surface area contributed by atoms with Crippen molar-refractivity contribution in [3.63, 3.8) is 0 Å². The Morgan fingerprint density at radius 3 is 2.48 bits per heavy atom. The molecule has 1 aromatic heterocycles. The molecular formula is C23H25BrN2O5. The SMILES string of the molecule is CCCCn1c(CN(C)c2ccccc2)c(C(=O)O)c2cc(OCC(=O)O)c(Br)cc21. The summed E-state index contributed by atoms with van der Waals surface area (Å²) in [5, 5.41) is 19.5. The molecule has 3 rings (SSSR count). The van der Waals surface area contributed by atoms with Gasteiger partial charge >= 0.3 is 11.9 Å². The Kier molecular flexibility index (Phi) is 7.22. The summed E-state index contributed by atoms with van der Waals surface area (Å²) in [4.78, 5) is 25.2. The van der Waals surface area contributed by atoms with Crippen molar-refractivity contribution in [1.82, 2.24) is 4.57 Å². The highest BCUT2D eigenvalue weighted by Crippen LogP contribution is 2.36. The molecule has 0 saturated heterocycles. The van der Waals surface area contributed by atoms with Crippen LogP contribution in [0.2, 0.25) is 0 Å². The summed E-state index contributed by atoms with van der Waals surface area (Å²) in [6.07, 6.45) is 1.87. The zero-order valence-corrected chi connectivity index (χ0v) is 19.1. The van der Waals surface area contributed by atoms with Crippen LogP contribution in [0.1, 0.15) is 35.8 Å². The number of anilines is 1. The van der Waals surface area contributed by atoms with Gasteiger partial charge in [-0.3, -0.25) is 0 Å². The molecule has 0 unspecified atom stereocenters. The van der Waals surface area contributed by atoms with Gasteiger partial charge in [-0.25, -0.2) is 9.59 Å². The van der Waals surface area contributed by atoms with E-state index >= 15 is 0 Å². The first-order chi connectivity index (χ1) is 14.8. The molecule has 0 aliphatic carbocycles. The number of aliphatic carboxylic acids is 1. The third-order valence-electron chi connectivity index (χ3n) is 5.11. The molecule has 164 valence electrons. The zero-order valence-electron chi connectivity index (χ0n) is 17.5. The van der Waals surface area contributed by atoms with E-state index in [9.17, 15) is 14.7 Å². The van der Waals surface area contributed by atoms with E-state index in [-0.39, 0.29) is 5.56 Å². The van der Waals surface area contributed by atoms with E-state index in [0.717, 1.165) is 24.0 Å². The Labute approximate surface area is 189 Å². The Bertz CT molecular complexity index is 1090. The molecule has 0 atom stereocenters. The Balaban J connectivity index is 2.16. The lowest BCUT2D eigenvalue weighted by Crippen LogP contribution is -2.21. The first kappa shape index (κ1) is 22.7.